The van der Waals surface area contributed by atoms with E-state index in [4.69, 9.17) is 0 Å². The number of sulfonamides is 1. The Bertz CT molecular complexity index is 1050. The van der Waals surface area contributed by atoms with Crippen LogP contribution in [0.1, 0.15) is 5.69 Å². The molecule has 1 atom stereocenters. The number of thiazole rings is 1. The molecule has 4 rings (SSSR count). The molecule has 3 heterocycles. The van der Waals surface area contributed by atoms with Gasteiger partial charge >= 0.3 is 0 Å². The van der Waals surface area contributed by atoms with Gasteiger partial charge in [0.1, 0.15) is 11.0 Å². The zero-order chi connectivity index (χ0) is 19.6. The maximum Gasteiger partial charge on any atom is 0.244 e. The Kier molecular flexibility index (Phi) is 5.83. The summed E-state index contributed by atoms with van der Waals surface area (Å²) in [5.41, 5.74) is 0.768. The lowest BCUT2D eigenvalue weighted by Gasteiger charge is -2.22. The summed E-state index contributed by atoms with van der Waals surface area (Å²) in [6.45, 7) is 0.279. The van der Waals surface area contributed by atoms with Crippen LogP contribution < -0.4 is 5.32 Å². The fourth-order valence-electron chi connectivity index (χ4n) is 2.80. The number of hydrogen-bond donors (Lipinski definition) is 1. The van der Waals surface area contributed by atoms with Crippen molar-refractivity contribution in [3.05, 3.63) is 58.9 Å². The van der Waals surface area contributed by atoms with Gasteiger partial charge in [0, 0.05) is 11.1 Å². The zero-order valence-corrected chi connectivity index (χ0v) is 17.9. The van der Waals surface area contributed by atoms with Gasteiger partial charge in [0.2, 0.25) is 15.9 Å². The first-order chi connectivity index (χ1) is 13.6. The summed E-state index contributed by atoms with van der Waals surface area (Å²) in [6.07, 6.45) is 0. The number of rotatable bonds is 6. The van der Waals surface area contributed by atoms with Crippen molar-refractivity contribution in [1.82, 2.24) is 14.6 Å². The lowest BCUT2D eigenvalue weighted by Crippen LogP contribution is -2.46. The maximum atomic E-state index is 12.9. The van der Waals surface area contributed by atoms with Crippen LogP contribution >= 0.6 is 34.4 Å². The highest BCUT2D eigenvalue weighted by atomic mass is 32.2. The van der Waals surface area contributed by atoms with Crippen LogP contribution in [0.5, 0.6) is 0 Å². The SMILES string of the molecule is O=C(NCc1csc(-c2cccs2)n1)[C@H]1CSCN1S(=O)(=O)c1ccccc1. The number of thiophene rings is 1. The molecule has 0 unspecified atom stereocenters. The van der Waals surface area contributed by atoms with Crippen LogP contribution in [0.25, 0.3) is 9.88 Å². The van der Waals surface area contributed by atoms with E-state index in [0.717, 1.165) is 15.6 Å². The van der Waals surface area contributed by atoms with Crippen molar-refractivity contribution < 1.29 is 13.2 Å². The number of hydrogen-bond acceptors (Lipinski definition) is 7. The second kappa shape index (κ2) is 8.34. The molecule has 1 aromatic carbocycles. The maximum absolute atomic E-state index is 12.9. The minimum atomic E-state index is -3.70. The molecule has 1 N–H and O–H groups in total. The van der Waals surface area contributed by atoms with E-state index in [9.17, 15) is 13.2 Å². The first-order valence-electron chi connectivity index (χ1n) is 8.46. The fraction of sp³-hybridized carbons (Fsp3) is 0.222. The Balaban J connectivity index is 1.43. The Hall–Kier alpha value is -1.72. The van der Waals surface area contributed by atoms with E-state index in [0.29, 0.717) is 5.75 Å². The van der Waals surface area contributed by atoms with E-state index >= 15 is 0 Å². The first kappa shape index (κ1) is 19.6. The number of nitrogens with zero attached hydrogens (tertiary/aromatic N) is 2. The summed E-state index contributed by atoms with van der Waals surface area (Å²) in [6, 6.07) is 11.5. The van der Waals surface area contributed by atoms with Gasteiger partial charge in [-0.3, -0.25) is 4.79 Å². The van der Waals surface area contributed by atoms with Crippen LogP contribution in [0.15, 0.2) is 58.1 Å². The highest BCUT2D eigenvalue weighted by Crippen LogP contribution is 2.29. The predicted octanol–water partition coefficient (Wildman–Crippen LogP) is 3.25. The second-order valence-corrected chi connectivity index (χ2v) is 10.8. The third kappa shape index (κ3) is 4.01. The molecule has 0 saturated carbocycles. The Morgan fingerprint density at radius 2 is 2.00 bits per heavy atom. The Labute approximate surface area is 175 Å². The molecule has 146 valence electrons. The monoisotopic (exact) mass is 451 g/mol. The molecule has 2 aromatic heterocycles. The van der Waals surface area contributed by atoms with Crippen molar-refractivity contribution in [2.75, 3.05) is 11.6 Å². The van der Waals surface area contributed by atoms with Crippen molar-refractivity contribution in [3.8, 4) is 9.88 Å². The van der Waals surface area contributed by atoms with E-state index < -0.39 is 16.1 Å². The van der Waals surface area contributed by atoms with E-state index in [1.165, 1.54) is 27.4 Å². The third-order valence-electron chi connectivity index (χ3n) is 4.22. The molecule has 0 radical (unpaired) electrons. The Morgan fingerprint density at radius 3 is 2.75 bits per heavy atom. The fourth-order valence-corrected chi connectivity index (χ4v) is 7.60. The second-order valence-electron chi connectivity index (χ2n) is 6.06. The molecule has 1 aliphatic heterocycles. The van der Waals surface area contributed by atoms with Crippen LogP contribution in [0.4, 0.5) is 0 Å². The molecular weight excluding hydrogens is 434 g/mol. The molecule has 0 spiro atoms. The van der Waals surface area contributed by atoms with Gasteiger partial charge in [0.25, 0.3) is 0 Å². The van der Waals surface area contributed by atoms with E-state index in [1.54, 1.807) is 41.7 Å². The minimum Gasteiger partial charge on any atom is -0.349 e. The number of carbonyl (C=O) groups excluding carboxylic acids is 1. The van der Waals surface area contributed by atoms with E-state index in [-0.39, 0.29) is 23.2 Å². The van der Waals surface area contributed by atoms with Crippen molar-refractivity contribution in [3.63, 3.8) is 0 Å². The molecule has 1 fully saturated rings. The standard InChI is InChI=1S/C18H17N3O3S4/c22-17(19-9-13-10-27-18(20-13)16-7-4-8-26-16)15-11-25-12-21(15)28(23,24)14-5-2-1-3-6-14/h1-8,10,15H,9,11-12H2,(H,19,22)/t15-/m1/s1. The number of nitrogens with one attached hydrogen (secondary N) is 1. The smallest absolute Gasteiger partial charge is 0.244 e. The zero-order valence-electron chi connectivity index (χ0n) is 14.6. The molecule has 28 heavy (non-hydrogen) atoms. The van der Waals surface area contributed by atoms with Gasteiger partial charge < -0.3 is 5.32 Å². The van der Waals surface area contributed by atoms with Crippen molar-refractivity contribution in [1.29, 1.82) is 0 Å². The molecule has 0 bridgehead atoms. The molecule has 1 saturated heterocycles. The van der Waals surface area contributed by atoms with Crippen LogP contribution in [-0.2, 0) is 21.4 Å². The van der Waals surface area contributed by atoms with Crippen molar-refractivity contribution >= 4 is 50.4 Å². The minimum absolute atomic E-state index is 0.204. The molecule has 3 aromatic rings. The number of benzene rings is 1. The number of aromatic nitrogens is 1. The molecular formula is C18H17N3O3S4. The molecule has 6 nitrogen and oxygen atoms in total. The first-order valence-corrected chi connectivity index (χ1v) is 12.8. The highest BCUT2D eigenvalue weighted by molar-refractivity contribution is 8.00. The van der Waals surface area contributed by atoms with Crippen molar-refractivity contribution in [2.24, 2.45) is 0 Å². The lowest BCUT2D eigenvalue weighted by atomic mass is 10.3. The largest absolute Gasteiger partial charge is 0.349 e. The lowest BCUT2D eigenvalue weighted by molar-refractivity contribution is -0.124. The number of carbonyl (C=O) groups is 1. The summed E-state index contributed by atoms with van der Waals surface area (Å²) < 4.78 is 27.0. The Morgan fingerprint density at radius 1 is 1.18 bits per heavy atom. The molecule has 0 aliphatic carbocycles. The molecule has 1 aliphatic rings. The van der Waals surface area contributed by atoms with Gasteiger partial charge in [-0.25, -0.2) is 13.4 Å². The van der Waals surface area contributed by atoms with Crippen molar-refractivity contribution in [2.45, 2.75) is 17.5 Å². The summed E-state index contributed by atoms with van der Waals surface area (Å²) in [7, 11) is -3.70. The summed E-state index contributed by atoms with van der Waals surface area (Å²) in [5.74, 6) is 0.416. The van der Waals surface area contributed by atoms with Gasteiger partial charge in [0.15, 0.2) is 0 Å². The molecule has 10 heteroatoms. The number of thioether (sulfide) groups is 1. The van der Waals surface area contributed by atoms with E-state index in [1.807, 2.05) is 22.9 Å². The van der Waals surface area contributed by atoms with Gasteiger partial charge in [0.05, 0.1) is 27.9 Å². The molecule has 1 amide bonds. The summed E-state index contributed by atoms with van der Waals surface area (Å²) in [5, 5.41) is 7.67. The normalized spacial score (nSPS) is 17.6. The van der Waals surface area contributed by atoms with Crippen LogP contribution in [0.2, 0.25) is 0 Å². The van der Waals surface area contributed by atoms with Gasteiger partial charge in [-0.1, -0.05) is 24.3 Å². The highest BCUT2D eigenvalue weighted by Gasteiger charge is 2.39. The quantitative estimate of drug-likeness (QED) is 0.622. The average Bonchev–Trinajstić information content (AvgIpc) is 3.48. The average molecular weight is 452 g/mol. The summed E-state index contributed by atoms with van der Waals surface area (Å²) >= 11 is 4.59. The van der Waals surface area contributed by atoms with Gasteiger partial charge in [-0.2, -0.15) is 4.31 Å². The van der Waals surface area contributed by atoms with Crippen LogP contribution in [0, 0.1) is 0 Å². The topological polar surface area (TPSA) is 79.4 Å². The van der Waals surface area contributed by atoms with E-state index in [2.05, 4.69) is 10.3 Å². The van der Waals surface area contributed by atoms with Gasteiger partial charge in [-0.15, -0.1) is 34.4 Å². The van der Waals surface area contributed by atoms with Crippen LogP contribution in [0.3, 0.4) is 0 Å². The van der Waals surface area contributed by atoms with Gasteiger partial charge in [-0.05, 0) is 23.6 Å². The third-order valence-corrected chi connectivity index (χ3v) is 9.20. The summed E-state index contributed by atoms with van der Waals surface area (Å²) in [4.78, 5) is 18.5. The number of amides is 1. The predicted molar refractivity (Wildman–Crippen MR) is 114 cm³/mol. The van der Waals surface area contributed by atoms with Crippen LogP contribution in [-0.4, -0.2) is 41.3 Å².